The summed E-state index contributed by atoms with van der Waals surface area (Å²) in [4.78, 5) is 0. The highest BCUT2D eigenvalue weighted by Gasteiger charge is 2.18. The monoisotopic (exact) mass is 217 g/mol. The van der Waals surface area contributed by atoms with Gasteiger partial charge in [-0.15, -0.1) is 12.4 Å². The topological polar surface area (TPSA) is 12.0 Å². The minimum atomic E-state index is 0. The van der Waals surface area contributed by atoms with Crippen LogP contribution in [0.2, 0.25) is 5.02 Å². The second kappa shape index (κ2) is 4.32. The molecular weight excluding hydrogens is 205 g/mol. The first-order chi connectivity index (χ1) is 5.77. The van der Waals surface area contributed by atoms with Crippen molar-refractivity contribution < 1.29 is 0 Å². The predicted octanol–water partition coefficient (Wildman–Crippen LogP) is 3.10. The number of nitrogens with one attached hydrogen (secondary N) is 1. The molecule has 0 amide bonds. The fourth-order valence-corrected chi connectivity index (χ4v) is 1.58. The van der Waals surface area contributed by atoms with E-state index in [1.54, 1.807) is 0 Å². The SMILES string of the molecule is Cc1cc([C@H]2CCN2)ccc1Cl.Cl. The average Bonchev–Trinajstić information content (AvgIpc) is 1.93. The summed E-state index contributed by atoms with van der Waals surface area (Å²) in [5.41, 5.74) is 2.53. The van der Waals surface area contributed by atoms with Gasteiger partial charge in [-0.1, -0.05) is 23.7 Å². The summed E-state index contributed by atoms with van der Waals surface area (Å²) in [6.45, 7) is 3.19. The molecule has 1 saturated heterocycles. The summed E-state index contributed by atoms with van der Waals surface area (Å²) < 4.78 is 0. The van der Waals surface area contributed by atoms with Crippen LogP contribution >= 0.6 is 24.0 Å². The second-order valence-electron chi connectivity index (χ2n) is 3.30. The number of hydrogen-bond donors (Lipinski definition) is 1. The first-order valence-corrected chi connectivity index (χ1v) is 4.64. The van der Waals surface area contributed by atoms with Gasteiger partial charge in [-0.25, -0.2) is 0 Å². The average molecular weight is 218 g/mol. The van der Waals surface area contributed by atoms with E-state index in [0.717, 1.165) is 11.6 Å². The molecule has 1 aliphatic rings. The van der Waals surface area contributed by atoms with Gasteiger partial charge in [0.1, 0.15) is 0 Å². The quantitative estimate of drug-likeness (QED) is 0.763. The molecule has 0 aliphatic carbocycles. The molecule has 1 fully saturated rings. The Morgan fingerprint density at radius 2 is 2.15 bits per heavy atom. The fraction of sp³-hybridized carbons (Fsp3) is 0.400. The van der Waals surface area contributed by atoms with E-state index in [1.807, 2.05) is 13.0 Å². The summed E-state index contributed by atoms with van der Waals surface area (Å²) in [6.07, 6.45) is 1.25. The molecule has 2 rings (SSSR count). The van der Waals surface area contributed by atoms with E-state index in [4.69, 9.17) is 11.6 Å². The lowest BCUT2D eigenvalue weighted by Crippen LogP contribution is -2.34. The molecule has 1 aliphatic heterocycles. The van der Waals surface area contributed by atoms with Gasteiger partial charge in [0, 0.05) is 11.1 Å². The van der Waals surface area contributed by atoms with Crippen LogP contribution in [0, 0.1) is 6.92 Å². The van der Waals surface area contributed by atoms with Crippen molar-refractivity contribution in [1.29, 1.82) is 0 Å². The first kappa shape index (κ1) is 10.8. The first-order valence-electron chi connectivity index (χ1n) is 4.27. The van der Waals surface area contributed by atoms with Crippen LogP contribution in [0.25, 0.3) is 0 Å². The van der Waals surface area contributed by atoms with Crippen LogP contribution in [0.1, 0.15) is 23.6 Å². The molecule has 1 nitrogen and oxygen atoms in total. The van der Waals surface area contributed by atoms with Crippen molar-refractivity contribution in [3.05, 3.63) is 34.3 Å². The predicted molar refractivity (Wildman–Crippen MR) is 58.8 cm³/mol. The van der Waals surface area contributed by atoms with Crippen LogP contribution in [-0.2, 0) is 0 Å². The summed E-state index contributed by atoms with van der Waals surface area (Å²) in [7, 11) is 0. The minimum absolute atomic E-state index is 0. The van der Waals surface area contributed by atoms with Crippen LogP contribution in [0.4, 0.5) is 0 Å². The van der Waals surface area contributed by atoms with E-state index in [-0.39, 0.29) is 12.4 Å². The Labute approximate surface area is 89.9 Å². The third-order valence-corrected chi connectivity index (χ3v) is 2.83. The minimum Gasteiger partial charge on any atom is -0.310 e. The lowest BCUT2D eigenvalue weighted by atomic mass is 9.97. The zero-order valence-electron chi connectivity index (χ0n) is 7.51. The van der Waals surface area contributed by atoms with Gasteiger partial charge in [-0.05, 0) is 37.1 Å². The number of rotatable bonds is 1. The molecule has 13 heavy (non-hydrogen) atoms. The molecule has 1 aromatic carbocycles. The van der Waals surface area contributed by atoms with Crippen molar-refractivity contribution in [3.8, 4) is 0 Å². The van der Waals surface area contributed by atoms with E-state index in [2.05, 4.69) is 17.4 Å². The van der Waals surface area contributed by atoms with E-state index in [9.17, 15) is 0 Å². The molecule has 1 N–H and O–H groups in total. The lowest BCUT2D eigenvalue weighted by molar-refractivity contribution is 0.383. The molecule has 1 heterocycles. The zero-order valence-corrected chi connectivity index (χ0v) is 9.08. The Kier molecular flexibility index (Phi) is 3.60. The molecule has 72 valence electrons. The molecule has 3 heteroatoms. The highest BCUT2D eigenvalue weighted by Crippen LogP contribution is 2.26. The van der Waals surface area contributed by atoms with Gasteiger partial charge in [0.05, 0.1) is 0 Å². The maximum Gasteiger partial charge on any atom is 0.0435 e. The van der Waals surface area contributed by atoms with Crippen molar-refractivity contribution in [1.82, 2.24) is 5.32 Å². The Morgan fingerprint density at radius 3 is 2.62 bits per heavy atom. The molecule has 0 aromatic heterocycles. The van der Waals surface area contributed by atoms with E-state index in [0.29, 0.717) is 6.04 Å². The molecule has 1 atom stereocenters. The summed E-state index contributed by atoms with van der Waals surface area (Å²) >= 11 is 5.93. The smallest absolute Gasteiger partial charge is 0.0435 e. The van der Waals surface area contributed by atoms with Crippen molar-refractivity contribution >= 4 is 24.0 Å². The Hall–Kier alpha value is -0.240. The molecule has 0 bridgehead atoms. The highest BCUT2D eigenvalue weighted by atomic mass is 35.5. The van der Waals surface area contributed by atoms with Crippen LogP contribution in [0.5, 0.6) is 0 Å². The molecule has 0 radical (unpaired) electrons. The summed E-state index contributed by atoms with van der Waals surface area (Å²) in [5.74, 6) is 0. The number of benzene rings is 1. The van der Waals surface area contributed by atoms with Crippen LogP contribution in [0.3, 0.4) is 0 Å². The van der Waals surface area contributed by atoms with Gasteiger partial charge in [0.15, 0.2) is 0 Å². The van der Waals surface area contributed by atoms with E-state index >= 15 is 0 Å². The fourth-order valence-electron chi connectivity index (χ4n) is 1.46. The Balaban J connectivity index is 0.000000845. The van der Waals surface area contributed by atoms with Crippen LogP contribution < -0.4 is 5.32 Å². The second-order valence-corrected chi connectivity index (χ2v) is 3.71. The molecule has 0 unspecified atom stereocenters. The molecule has 1 aromatic rings. The number of halogens is 2. The summed E-state index contributed by atoms with van der Waals surface area (Å²) in [6, 6.07) is 6.82. The number of hydrogen-bond acceptors (Lipinski definition) is 1. The van der Waals surface area contributed by atoms with Gasteiger partial charge < -0.3 is 5.32 Å². The third kappa shape index (κ3) is 2.16. The normalized spacial score (nSPS) is 20.3. The third-order valence-electron chi connectivity index (χ3n) is 2.41. The Morgan fingerprint density at radius 1 is 1.46 bits per heavy atom. The van der Waals surface area contributed by atoms with Crippen LogP contribution in [0.15, 0.2) is 18.2 Å². The standard InChI is InChI=1S/C10H12ClN.ClH/c1-7-6-8(2-3-9(7)11)10-4-5-12-10;/h2-3,6,10,12H,4-5H2,1H3;1H/t10-;/m1./s1. The van der Waals surface area contributed by atoms with Crippen molar-refractivity contribution in [3.63, 3.8) is 0 Å². The van der Waals surface area contributed by atoms with Crippen molar-refractivity contribution in [2.24, 2.45) is 0 Å². The van der Waals surface area contributed by atoms with E-state index < -0.39 is 0 Å². The number of aryl methyl sites for hydroxylation is 1. The summed E-state index contributed by atoms with van der Waals surface area (Å²) in [5, 5.41) is 4.22. The van der Waals surface area contributed by atoms with Gasteiger partial charge in [0.2, 0.25) is 0 Å². The molecule has 0 spiro atoms. The highest BCUT2D eigenvalue weighted by molar-refractivity contribution is 6.31. The van der Waals surface area contributed by atoms with Gasteiger partial charge in [-0.3, -0.25) is 0 Å². The van der Waals surface area contributed by atoms with Gasteiger partial charge in [0.25, 0.3) is 0 Å². The van der Waals surface area contributed by atoms with E-state index in [1.165, 1.54) is 17.5 Å². The largest absolute Gasteiger partial charge is 0.310 e. The van der Waals surface area contributed by atoms with Crippen molar-refractivity contribution in [2.45, 2.75) is 19.4 Å². The zero-order chi connectivity index (χ0) is 8.55. The molecular formula is C10H13Cl2N. The maximum atomic E-state index is 5.93. The Bertz CT molecular complexity index is 295. The van der Waals surface area contributed by atoms with Crippen molar-refractivity contribution in [2.75, 3.05) is 6.54 Å². The maximum absolute atomic E-state index is 5.93. The van der Waals surface area contributed by atoms with Gasteiger partial charge >= 0.3 is 0 Å². The lowest BCUT2D eigenvalue weighted by Gasteiger charge is -2.28. The molecule has 0 saturated carbocycles. The van der Waals surface area contributed by atoms with Crippen LogP contribution in [-0.4, -0.2) is 6.54 Å². The van der Waals surface area contributed by atoms with Gasteiger partial charge in [-0.2, -0.15) is 0 Å².